The molecule has 1 unspecified atom stereocenters. The van der Waals surface area contributed by atoms with Crippen molar-refractivity contribution < 1.29 is 8.42 Å². The van der Waals surface area contributed by atoms with Crippen LogP contribution in [0, 0.1) is 16.7 Å². The Labute approximate surface area is 85.4 Å². The first-order valence-corrected chi connectivity index (χ1v) is 6.32. The minimum absolute atomic E-state index is 0.113. The van der Waals surface area contributed by atoms with E-state index in [4.69, 9.17) is 5.26 Å². The lowest BCUT2D eigenvalue weighted by molar-refractivity contribution is 0.166. The second-order valence-electron chi connectivity index (χ2n) is 4.30. The van der Waals surface area contributed by atoms with Gasteiger partial charge in [-0.1, -0.05) is 13.3 Å². The summed E-state index contributed by atoms with van der Waals surface area (Å²) in [5.74, 6) is 0. The number of nitrogens with zero attached hydrogens (tertiary/aromatic N) is 1. The Bertz CT molecular complexity index is 338. The molecule has 4 nitrogen and oxygen atoms in total. The maximum Gasteiger partial charge on any atom is 0.227 e. The summed E-state index contributed by atoms with van der Waals surface area (Å²) in [6, 6.07) is 1.73. The maximum absolute atomic E-state index is 11.4. The second-order valence-corrected chi connectivity index (χ2v) is 6.39. The van der Waals surface area contributed by atoms with Crippen LogP contribution in [0.5, 0.6) is 0 Å². The van der Waals surface area contributed by atoms with Crippen LogP contribution < -0.4 is 4.72 Å². The highest BCUT2D eigenvalue weighted by molar-refractivity contribution is 7.90. The lowest BCUT2D eigenvalue weighted by atomic mass is 9.71. The van der Waals surface area contributed by atoms with Crippen LogP contribution in [0.4, 0.5) is 0 Å². The Morgan fingerprint density at radius 2 is 2.14 bits per heavy atom. The Kier molecular flexibility index (Phi) is 3.17. The van der Waals surface area contributed by atoms with E-state index in [1.807, 2.05) is 0 Å². The highest BCUT2D eigenvalue weighted by atomic mass is 32.2. The quantitative estimate of drug-likeness (QED) is 0.762. The highest BCUT2D eigenvalue weighted by Crippen LogP contribution is 2.39. The molecule has 1 rings (SSSR count). The summed E-state index contributed by atoms with van der Waals surface area (Å²) in [5, 5.41) is 7.54. The van der Waals surface area contributed by atoms with Gasteiger partial charge in [0.05, 0.1) is 6.07 Å². The molecular formula is C9H16N2O2S. The van der Waals surface area contributed by atoms with E-state index < -0.39 is 15.3 Å². The van der Waals surface area contributed by atoms with E-state index in [1.165, 1.54) is 13.3 Å². The minimum Gasteiger partial charge on any atom is -0.214 e. The molecule has 0 saturated heterocycles. The molecule has 5 heteroatoms. The van der Waals surface area contributed by atoms with E-state index in [-0.39, 0.29) is 5.41 Å². The molecular weight excluding hydrogens is 200 g/mol. The van der Waals surface area contributed by atoms with Crippen molar-refractivity contribution in [3.05, 3.63) is 0 Å². The van der Waals surface area contributed by atoms with Crippen LogP contribution in [0.2, 0.25) is 0 Å². The number of rotatable bonds is 4. The number of nitrogens with one attached hydrogen (secondary N) is 1. The van der Waals surface area contributed by atoms with Crippen molar-refractivity contribution in [2.45, 2.75) is 38.4 Å². The summed E-state index contributed by atoms with van der Waals surface area (Å²) >= 11 is 0. The van der Waals surface area contributed by atoms with Gasteiger partial charge in [0.25, 0.3) is 0 Å². The van der Waals surface area contributed by atoms with Gasteiger partial charge in [-0.05, 0) is 25.2 Å². The number of sulfonamides is 1. The van der Waals surface area contributed by atoms with Crippen LogP contribution in [0.15, 0.2) is 0 Å². The summed E-state index contributed by atoms with van der Waals surface area (Å²) in [4.78, 5) is 0. The van der Waals surface area contributed by atoms with E-state index in [9.17, 15) is 8.42 Å². The zero-order valence-corrected chi connectivity index (χ0v) is 9.39. The first-order chi connectivity index (χ1) is 6.40. The van der Waals surface area contributed by atoms with Gasteiger partial charge in [-0.15, -0.1) is 0 Å². The van der Waals surface area contributed by atoms with Crippen molar-refractivity contribution in [2.75, 3.05) is 6.54 Å². The molecule has 0 aromatic heterocycles. The fourth-order valence-electron chi connectivity index (χ4n) is 1.43. The molecule has 1 aliphatic rings. The zero-order valence-electron chi connectivity index (χ0n) is 8.58. The van der Waals surface area contributed by atoms with Crippen molar-refractivity contribution in [1.82, 2.24) is 4.72 Å². The van der Waals surface area contributed by atoms with Crippen LogP contribution in [0.3, 0.4) is 0 Å². The fourth-order valence-corrected chi connectivity index (χ4v) is 2.36. The lowest BCUT2D eigenvalue weighted by Crippen LogP contribution is -2.42. The molecule has 0 aromatic carbocycles. The van der Waals surface area contributed by atoms with Gasteiger partial charge in [0.1, 0.15) is 0 Å². The number of hydrogen-bond donors (Lipinski definition) is 1. The minimum atomic E-state index is -3.43. The van der Waals surface area contributed by atoms with Gasteiger partial charge in [0, 0.05) is 6.54 Å². The molecule has 1 aliphatic carbocycles. The summed E-state index contributed by atoms with van der Waals surface area (Å²) < 4.78 is 25.3. The third-order valence-electron chi connectivity index (χ3n) is 2.91. The van der Waals surface area contributed by atoms with Crippen LogP contribution in [-0.2, 0) is 10.0 Å². The van der Waals surface area contributed by atoms with Crippen LogP contribution in [-0.4, -0.2) is 20.2 Å². The van der Waals surface area contributed by atoms with Crippen molar-refractivity contribution >= 4 is 10.0 Å². The smallest absolute Gasteiger partial charge is 0.214 e. The van der Waals surface area contributed by atoms with Crippen LogP contribution >= 0.6 is 0 Å². The summed E-state index contributed by atoms with van der Waals surface area (Å²) in [6.07, 6.45) is 3.30. The molecule has 0 heterocycles. The molecule has 1 N–H and O–H groups in total. The van der Waals surface area contributed by atoms with Gasteiger partial charge in [-0.3, -0.25) is 0 Å². The fraction of sp³-hybridized carbons (Fsp3) is 0.889. The predicted molar refractivity (Wildman–Crippen MR) is 54.0 cm³/mol. The van der Waals surface area contributed by atoms with Crippen molar-refractivity contribution in [3.63, 3.8) is 0 Å². The van der Waals surface area contributed by atoms with Crippen molar-refractivity contribution in [1.29, 1.82) is 5.26 Å². The third kappa shape index (κ3) is 2.46. The monoisotopic (exact) mass is 216 g/mol. The van der Waals surface area contributed by atoms with Crippen LogP contribution in [0.1, 0.15) is 33.1 Å². The summed E-state index contributed by atoms with van der Waals surface area (Å²) in [7, 11) is -3.43. The molecule has 0 aromatic rings. The molecule has 0 aliphatic heterocycles. The SMILES string of the molecule is CC(C#N)S(=O)(=O)NCC1(C)CCC1. The van der Waals surface area contributed by atoms with Gasteiger partial charge in [-0.2, -0.15) is 5.26 Å². The van der Waals surface area contributed by atoms with Gasteiger partial charge in [-0.25, -0.2) is 13.1 Å². The average molecular weight is 216 g/mol. The van der Waals surface area contributed by atoms with Gasteiger partial charge in [0.15, 0.2) is 5.25 Å². The Morgan fingerprint density at radius 1 is 1.57 bits per heavy atom. The van der Waals surface area contributed by atoms with Gasteiger partial charge < -0.3 is 0 Å². The average Bonchev–Trinajstić information content (AvgIpc) is 2.10. The normalized spacial score (nSPS) is 22.1. The molecule has 1 atom stereocenters. The molecule has 1 saturated carbocycles. The summed E-state index contributed by atoms with van der Waals surface area (Å²) in [6.45, 7) is 3.92. The molecule has 80 valence electrons. The maximum atomic E-state index is 11.4. The molecule has 1 fully saturated rings. The first-order valence-electron chi connectivity index (χ1n) is 4.78. The van der Waals surface area contributed by atoms with Crippen molar-refractivity contribution in [3.8, 4) is 6.07 Å². The number of nitriles is 1. The third-order valence-corrected chi connectivity index (χ3v) is 4.49. The predicted octanol–water partition coefficient (Wildman–Crippen LogP) is 1.01. The molecule has 0 amide bonds. The van der Waals surface area contributed by atoms with E-state index in [0.717, 1.165) is 12.8 Å². The van der Waals surface area contributed by atoms with E-state index in [2.05, 4.69) is 11.6 Å². The standard InChI is InChI=1S/C9H16N2O2S/c1-8(6-10)14(12,13)11-7-9(2)4-3-5-9/h8,11H,3-5,7H2,1-2H3. The Hall–Kier alpha value is -0.600. The van der Waals surface area contributed by atoms with E-state index in [1.54, 1.807) is 6.07 Å². The highest BCUT2D eigenvalue weighted by Gasteiger charge is 2.33. The number of hydrogen-bond acceptors (Lipinski definition) is 3. The first kappa shape index (κ1) is 11.5. The Morgan fingerprint density at radius 3 is 2.50 bits per heavy atom. The van der Waals surface area contributed by atoms with Gasteiger partial charge >= 0.3 is 0 Å². The molecule has 0 radical (unpaired) electrons. The van der Waals surface area contributed by atoms with Gasteiger partial charge in [0.2, 0.25) is 10.0 Å². The van der Waals surface area contributed by atoms with Crippen LogP contribution in [0.25, 0.3) is 0 Å². The lowest BCUT2D eigenvalue weighted by Gasteiger charge is -2.38. The topological polar surface area (TPSA) is 70.0 Å². The Balaban J connectivity index is 2.49. The second kappa shape index (κ2) is 3.87. The molecule has 14 heavy (non-hydrogen) atoms. The largest absolute Gasteiger partial charge is 0.227 e. The van der Waals surface area contributed by atoms with E-state index in [0.29, 0.717) is 6.54 Å². The van der Waals surface area contributed by atoms with E-state index >= 15 is 0 Å². The molecule has 0 bridgehead atoms. The summed E-state index contributed by atoms with van der Waals surface area (Å²) in [5.41, 5.74) is 0.113. The van der Waals surface area contributed by atoms with Crippen molar-refractivity contribution in [2.24, 2.45) is 5.41 Å². The molecule has 0 spiro atoms. The zero-order chi connectivity index (χ0) is 10.8.